The molecule has 0 N–H and O–H groups in total. The summed E-state index contributed by atoms with van der Waals surface area (Å²) in [4.78, 5) is 15.2. The molecule has 0 spiro atoms. The molecular weight excluding hydrogens is 583 g/mol. The van der Waals surface area contributed by atoms with Gasteiger partial charge >= 0.3 is 0 Å². The van der Waals surface area contributed by atoms with E-state index in [1.54, 1.807) is 0 Å². The number of nitrogens with zero attached hydrogens (tertiary/aromatic N) is 3. The van der Waals surface area contributed by atoms with E-state index in [9.17, 15) is 0 Å². The molecule has 0 fully saturated rings. The highest BCUT2D eigenvalue weighted by Crippen LogP contribution is 2.40. The summed E-state index contributed by atoms with van der Waals surface area (Å²) in [5.74, 6) is 1.95. The molecule has 1 aromatic heterocycles. The molecule has 0 saturated heterocycles. The Morgan fingerprint density at radius 2 is 0.667 bits per heavy atom. The van der Waals surface area contributed by atoms with Crippen molar-refractivity contribution in [2.75, 3.05) is 0 Å². The van der Waals surface area contributed by atoms with Gasteiger partial charge < -0.3 is 0 Å². The molecule has 9 aromatic rings. The van der Waals surface area contributed by atoms with Gasteiger partial charge in [-0.05, 0) is 66.7 Å². The van der Waals surface area contributed by atoms with E-state index in [4.69, 9.17) is 15.0 Å². The number of rotatable bonds is 5. The second kappa shape index (κ2) is 11.7. The molecule has 0 saturated carbocycles. The van der Waals surface area contributed by atoms with Crippen molar-refractivity contribution in [3.8, 4) is 56.4 Å². The summed E-state index contributed by atoms with van der Waals surface area (Å²) in [6, 6.07) is 61.7. The molecule has 0 aliphatic carbocycles. The Morgan fingerprint density at radius 1 is 0.250 bits per heavy atom. The highest BCUT2D eigenvalue weighted by Gasteiger charge is 2.17. The van der Waals surface area contributed by atoms with Gasteiger partial charge in [0.1, 0.15) is 0 Å². The average molecular weight is 612 g/mol. The molecule has 0 radical (unpaired) electrons. The van der Waals surface area contributed by atoms with Gasteiger partial charge in [-0.2, -0.15) is 0 Å². The van der Waals surface area contributed by atoms with Crippen molar-refractivity contribution in [2.24, 2.45) is 0 Å². The van der Waals surface area contributed by atoms with Crippen LogP contribution in [0.2, 0.25) is 0 Å². The Morgan fingerprint density at radius 3 is 1.33 bits per heavy atom. The smallest absolute Gasteiger partial charge is 0.164 e. The van der Waals surface area contributed by atoms with Gasteiger partial charge in [0.05, 0.1) is 0 Å². The van der Waals surface area contributed by atoms with Crippen LogP contribution in [0.1, 0.15) is 0 Å². The minimum absolute atomic E-state index is 0.646. The summed E-state index contributed by atoms with van der Waals surface area (Å²) in [5.41, 5.74) is 7.60. The molecule has 224 valence electrons. The van der Waals surface area contributed by atoms with E-state index in [2.05, 4.69) is 140 Å². The Kier molecular flexibility index (Phi) is 6.80. The van der Waals surface area contributed by atoms with E-state index < -0.39 is 0 Å². The van der Waals surface area contributed by atoms with Crippen LogP contribution >= 0.6 is 0 Å². The van der Waals surface area contributed by atoms with Crippen molar-refractivity contribution < 1.29 is 0 Å². The number of aromatic nitrogens is 3. The van der Waals surface area contributed by atoms with Gasteiger partial charge in [0.25, 0.3) is 0 Å². The maximum atomic E-state index is 5.12. The second-order valence-corrected chi connectivity index (χ2v) is 12.0. The first kappa shape index (κ1) is 27.8. The van der Waals surface area contributed by atoms with E-state index >= 15 is 0 Å². The lowest BCUT2D eigenvalue weighted by atomic mass is 9.89. The summed E-state index contributed by atoms with van der Waals surface area (Å²) in [5, 5.41) is 7.25. The van der Waals surface area contributed by atoms with Crippen LogP contribution in [0.4, 0.5) is 0 Å². The van der Waals surface area contributed by atoms with Gasteiger partial charge in [-0.3, -0.25) is 0 Å². The molecule has 0 aliphatic rings. The fourth-order valence-electron chi connectivity index (χ4n) is 6.79. The lowest BCUT2D eigenvalue weighted by Crippen LogP contribution is -2.01. The molecule has 1 heterocycles. The third-order valence-electron chi connectivity index (χ3n) is 9.14. The first-order valence-electron chi connectivity index (χ1n) is 16.2. The predicted molar refractivity (Wildman–Crippen MR) is 200 cm³/mol. The van der Waals surface area contributed by atoms with Crippen LogP contribution < -0.4 is 0 Å². The van der Waals surface area contributed by atoms with Crippen molar-refractivity contribution in [2.45, 2.75) is 0 Å². The SMILES string of the molecule is c1ccc(-c2ccc(-c3nc(-c4ccccc4)nc(-c4ccc(-c5cc6ccccc6c6ccccc56)c5ccccc45)n3)cc2)cc1. The molecule has 0 atom stereocenters. The molecule has 9 rings (SSSR count). The van der Waals surface area contributed by atoms with Crippen LogP contribution in [0, 0.1) is 0 Å². The highest BCUT2D eigenvalue weighted by molar-refractivity contribution is 6.17. The Balaban J connectivity index is 1.23. The first-order chi connectivity index (χ1) is 23.8. The summed E-state index contributed by atoms with van der Waals surface area (Å²) in [7, 11) is 0. The summed E-state index contributed by atoms with van der Waals surface area (Å²) in [6.07, 6.45) is 0. The Labute approximate surface area is 278 Å². The van der Waals surface area contributed by atoms with Gasteiger partial charge in [-0.1, -0.05) is 164 Å². The van der Waals surface area contributed by atoms with Crippen molar-refractivity contribution in [1.29, 1.82) is 0 Å². The topological polar surface area (TPSA) is 38.7 Å². The van der Waals surface area contributed by atoms with Gasteiger partial charge in [0.2, 0.25) is 0 Å². The van der Waals surface area contributed by atoms with Crippen LogP contribution in [-0.4, -0.2) is 15.0 Å². The molecule has 0 aliphatic heterocycles. The van der Waals surface area contributed by atoms with Crippen LogP contribution in [0.15, 0.2) is 176 Å². The molecule has 0 amide bonds. The third kappa shape index (κ3) is 4.90. The fourth-order valence-corrected chi connectivity index (χ4v) is 6.79. The predicted octanol–water partition coefficient (Wildman–Crippen LogP) is 11.7. The molecule has 3 nitrogen and oxygen atoms in total. The monoisotopic (exact) mass is 611 g/mol. The number of benzene rings is 8. The summed E-state index contributed by atoms with van der Waals surface area (Å²) in [6.45, 7) is 0. The average Bonchev–Trinajstić information content (AvgIpc) is 3.18. The molecule has 0 unspecified atom stereocenters. The van der Waals surface area contributed by atoms with E-state index in [1.165, 1.54) is 38.2 Å². The molecule has 48 heavy (non-hydrogen) atoms. The fraction of sp³-hybridized carbons (Fsp3) is 0. The van der Waals surface area contributed by atoms with Gasteiger partial charge in [-0.25, -0.2) is 15.0 Å². The quantitative estimate of drug-likeness (QED) is 0.182. The second-order valence-electron chi connectivity index (χ2n) is 12.0. The van der Waals surface area contributed by atoms with E-state index in [0.717, 1.165) is 33.0 Å². The van der Waals surface area contributed by atoms with Crippen LogP contribution in [0.25, 0.3) is 88.7 Å². The molecule has 3 heteroatoms. The highest BCUT2D eigenvalue weighted by atomic mass is 15.0. The maximum absolute atomic E-state index is 5.12. The molecular formula is C45H29N3. The zero-order valence-corrected chi connectivity index (χ0v) is 26.1. The normalized spacial score (nSPS) is 11.3. The van der Waals surface area contributed by atoms with Crippen LogP contribution in [0.3, 0.4) is 0 Å². The van der Waals surface area contributed by atoms with Gasteiger partial charge in [0, 0.05) is 16.7 Å². The minimum Gasteiger partial charge on any atom is -0.208 e. The third-order valence-corrected chi connectivity index (χ3v) is 9.14. The van der Waals surface area contributed by atoms with E-state index in [-0.39, 0.29) is 0 Å². The Hall–Kier alpha value is -6.45. The van der Waals surface area contributed by atoms with Crippen LogP contribution in [-0.2, 0) is 0 Å². The van der Waals surface area contributed by atoms with Crippen LogP contribution in [0.5, 0.6) is 0 Å². The van der Waals surface area contributed by atoms with E-state index in [0.29, 0.717) is 17.5 Å². The lowest BCUT2D eigenvalue weighted by molar-refractivity contribution is 1.08. The zero-order valence-electron chi connectivity index (χ0n) is 26.1. The van der Waals surface area contributed by atoms with Crippen molar-refractivity contribution in [3.63, 3.8) is 0 Å². The summed E-state index contributed by atoms with van der Waals surface area (Å²) < 4.78 is 0. The number of hydrogen-bond donors (Lipinski definition) is 0. The Bertz CT molecular complexity index is 2590. The zero-order chi connectivity index (χ0) is 31.9. The standard InChI is InChI=1S/C45H29N3/c1-3-13-30(14-4-1)31-23-25-33(26-24-31)44-46-43(32-15-5-2-6-16-32)47-45(48-44)41-28-27-40(37-20-10-11-21-38(37)41)42-29-34-17-7-8-18-35(34)36-19-9-12-22-39(36)42/h1-29H. The van der Waals surface area contributed by atoms with Gasteiger partial charge in [-0.15, -0.1) is 0 Å². The summed E-state index contributed by atoms with van der Waals surface area (Å²) >= 11 is 0. The largest absolute Gasteiger partial charge is 0.208 e. The maximum Gasteiger partial charge on any atom is 0.164 e. The minimum atomic E-state index is 0.646. The molecule has 8 aromatic carbocycles. The molecule has 0 bridgehead atoms. The van der Waals surface area contributed by atoms with Crippen molar-refractivity contribution >= 4 is 32.3 Å². The van der Waals surface area contributed by atoms with Gasteiger partial charge in [0.15, 0.2) is 17.5 Å². The van der Waals surface area contributed by atoms with Crippen molar-refractivity contribution in [1.82, 2.24) is 15.0 Å². The lowest BCUT2D eigenvalue weighted by Gasteiger charge is -2.15. The number of fused-ring (bicyclic) bond motifs is 4. The van der Waals surface area contributed by atoms with E-state index in [1.807, 2.05) is 36.4 Å². The first-order valence-corrected chi connectivity index (χ1v) is 16.2. The number of hydrogen-bond acceptors (Lipinski definition) is 3. The van der Waals surface area contributed by atoms with Crippen molar-refractivity contribution in [3.05, 3.63) is 176 Å².